The topological polar surface area (TPSA) is 82.8 Å². The number of guanidine groups is 1. The van der Waals surface area contributed by atoms with Crippen LogP contribution in [0, 0.1) is 5.92 Å². The smallest absolute Gasteiger partial charge is 0.225 e. The van der Waals surface area contributed by atoms with Gasteiger partial charge in [0.05, 0.1) is 6.54 Å². The molecule has 0 spiro atoms. The van der Waals surface area contributed by atoms with Crippen molar-refractivity contribution in [2.45, 2.75) is 39.8 Å². The minimum Gasteiger partial charge on any atom is -0.357 e. The molecule has 1 unspecified atom stereocenters. The maximum Gasteiger partial charge on any atom is 0.225 e. The van der Waals surface area contributed by atoms with Crippen molar-refractivity contribution in [3.63, 3.8) is 0 Å². The van der Waals surface area contributed by atoms with Crippen molar-refractivity contribution in [2.24, 2.45) is 10.9 Å². The second-order valence-corrected chi connectivity index (χ2v) is 7.31. The average molecular weight is 511 g/mol. The fraction of sp³-hybridized carbons (Fsp3) is 0.476. The van der Waals surface area contributed by atoms with E-state index in [4.69, 9.17) is 4.52 Å². The molecular formula is C21H30IN5O2. The number of aromatic nitrogens is 1. The molecule has 2 aromatic rings. The maximum absolute atomic E-state index is 12.2. The van der Waals surface area contributed by atoms with Crippen molar-refractivity contribution >= 4 is 35.8 Å². The number of likely N-dealkylation sites (tertiary alicyclic amines) is 1. The van der Waals surface area contributed by atoms with E-state index in [0.29, 0.717) is 13.1 Å². The largest absolute Gasteiger partial charge is 0.357 e. The van der Waals surface area contributed by atoms with Gasteiger partial charge in [0.2, 0.25) is 5.91 Å². The van der Waals surface area contributed by atoms with Crippen molar-refractivity contribution in [3.8, 4) is 11.3 Å². The molecule has 1 aromatic carbocycles. The van der Waals surface area contributed by atoms with Gasteiger partial charge in [0.15, 0.2) is 11.7 Å². The Labute approximate surface area is 189 Å². The summed E-state index contributed by atoms with van der Waals surface area (Å²) in [5, 5.41) is 10.8. The molecule has 2 N–H and O–H groups in total. The molecule has 158 valence electrons. The number of amides is 1. The molecule has 7 nitrogen and oxygen atoms in total. The van der Waals surface area contributed by atoms with Crippen LogP contribution in [0.4, 0.5) is 0 Å². The van der Waals surface area contributed by atoms with Gasteiger partial charge in [-0.3, -0.25) is 4.79 Å². The summed E-state index contributed by atoms with van der Waals surface area (Å²) >= 11 is 0. The fourth-order valence-electron chi connectivity index (χ4n) is 3.24. The number of carbonyl (C=O) groups excluding carboxylic acids is 1. The third-order valence-electron chi connectivity index (χ3n) is 4.70. The van der Waals surface area contributed by atoms with Crippen molar-refractivity contribution in [1.29, 1.82) is 0 Å². The Bertz CT molecular complexity index is 806. The molecule has 1 aliphatic rings. The van der Waals surface area contributed by atoms with E-state index in [1.54, 1.807) is 0 Å². The summed E-state index contributed by atoms with van der Waals surface area (Å²) in [4.78, 5) is 18.7. The van der Waals surface area contributed by atoms with Gasteiger partial charge in [-0.05, 0) is 13.3 Å². The van der Waals surface area contributed by atoms with E-state index >= 15 is 0 Å². The molecule has 0 bridgehead atoms. The Hall–Kier alpha value is -2.10. The van der Waals surface area contributed by atoms with E-state index in [2.05, 4.69) is 20.8 Å². The standard InChI is InChI=1S/C21H29N5O2.HI/c1-4-22-21(24-17-10-11-26(14-17)20(27)15(2)3)23-13-18-12-19(28-25-18)16-8-6-5-7-9-16;/h5-9,12,15,17H,4,10-11,13-14H2,1-3H3,(H2,22,23,24);1H. The summed E-state index contributed by atoms with van der Waals surface area (Å²) in [5.74, 6) is 1.71. The van der Waals surface area contributed by atoms with Crippen LogP contribution in [0.2, 0.25) is 0 Å². The number of hydrogen-bond donors (Lipinski definition) is 2. The Morgan fingerprint density at radius 3 is 2.79 bits per heavy atom. The minimum atomic E-state index is 0. The Morgan fingerprint density at radius 1 is 1.34 bits per heavy atom. The van der Waals surface area contributed by atoms with Gasteiger partial charge in [0, 0.05) is 43.2 Å². The molecule has 1 aliphatic heterocycles. The van der Waals surface area contributed by atoms with Crippen molar-refractivity contribution in [2.75, 3.05) is 19.6 Å². The molecule has 1 aromatic heterocycles. The third-order valence-corrected chi connectivity index (χ3v) is 4.70. The molecule has 1 amide bonds. The maximum atomic E-state index is 12.2. The van der Waals surface area contributed by atoms with E-state index in [9.17, 15) is 4.79 Å². The van der Waals surface area contributed by atoms with Crippen LogP contribution < -0.4 is 10.6 Å². The molecular weight excluding hydrogens is 481 g/mol. The van der Waals surface area contributed by atoms with Crippen LogP contribution in [-0.2, 0) is 11.3 Å². The summed E-state index contributed by atoms with van der Waals surface area (Å²) in [5.41, 5.74) is 1.77. The molecule has 1 atom stereocenters. The van der Waals surface area contributed by atoms with Crippen molar-refractivity contribution in [3.05, 3.63) is 42.1 Å². The van der Waals surface area contributed by atoms with Crippen LogP contribution in [0.1, 0.15) is 32.9 Å². The Kier molecular flexibility index (Phi) is 8.94. The first-order valence-electron chi connectivity index (χ1n) is 9.91. The molecule has 0 saturated carbocycles. The van der Waals surface area contributed by atoms with Gasteiger partial charge in [0.1, 0.15) is 5.69 Å². The van der Waals surface area contributed by atoms with E-state index in [1.165, 1.54) is 0 Å². The summed E-state index contributed by atoms with van der Waals surface area (Å²) in [6, 6.07) is 12.0. The summed E-state index contributed by atoms with van der Waals surface area (Å²) < 4.78 is 5.43. The number of carbonyl (C=O) groups is 1. The lowest BCUT2D eigenvalue weighted by atomic mass is 10.2. The zero-order valence-electron chi connectivity index (χ0n) is 17.2. The number of benzene rings is 1. The van der Waals surface area contributed by atoms with E-state index in [1.807, 2.05) is 62.1 Å². The van der Waals surface area contributed by atoms with Crippen LogP contribution in [0.15, 0.2) is 45.9 Å². The van der Waals surface area contributed by atoms with Gasteiger partial charge < -0.3 is 20.1 Å². The lowest BCUT2D eigenvalue weighted by molar-refractivity contribution is -0.133. The van der Waals surface area contributed by atoms with Gasteiger partial charge >= 0.3 is 0 Å². The quantitative estimate of drug-likeness (QED) is 0.354. The zero-order chi connectivity index (χ0) is 19.9. The summed E-state index contributed by atoms with van der Waals surface area (Å²) in [7, 11) is 0. The number of hydrogen-bond acceptors (Lipinski definition) is 4. The molecule has 1 fully saturated rings. The van der Waals surface area contributed by atoms with E-state index in [-0.39, 0.29) is 41.8 Å². The van der Waals surface area contributed by atoms with E-state index < -0.39 is 0 Å². The molecule has 3 rings (SSSR count). The first-order chi connectivity index (χ1) is 13.6. The second-order valence-electron chi connectivity index (χ2n) is 7.31. The monoisotopic (exact) mass is 511 g/mol. The molecule has 0 aliphatic carbocycles. The molecule has 8 heteroatoms. The van der Waals surface area contributed by atoms with Crippen LogP contribution in [0.3, 0.4) is 0 Å². The number of nitrogens with zero attached hydrogens (tertiary/aromatic N) is 3. The van der Waals surface area contributed by atoms with Crippen LogP contribution in [-0.4, -0.2) is 47.6 Å². The zero-order valence-corrected chi connectivity index (χ0v) is 19.6. The highest BCUT2D eigenvalue weighted by Crippen LogP contribution is 2.20. The second kappa shape index (κ2) is 11.2. The van der Waals surface area contributed by atoms with Gasteiger partial charge in [-0.15, -0.1) is 24.0 Å². The third kappa shape index (κ3) is 6.45. The molecule has 2 heterocycles. The number of halogens is 1. The highest BCUT2D eigenvalue weighted by atomic mass is 127. The van der Waals surface area contributed by atoms with Gasteiger partial charge in [-0.25, -0.2) is 4.99 Å². The normalized spacial score (nSPS) is 16.6. The lowest BCUT2D eigenvalue weighted by Gasteiger charge is -2.20. The average Bonchev–Trinajstić information content (AvgIpc) is 3.36. The van der Waals surface area contributed by atoms with E-state index in [0.717, 1.165) is 42.5 Å². The summed E-state index contributed by atoms with van der Waals surface area (Å²) in [6.07, 6.45) is 0.922. The molecule has 0 radical (unpaired) electrons. The van der Waals surface area contributed by atoms with Gasteiger partial charge in [0.25, 0.3) is 0 Å². The summed E-state index contributed by atoms with van der Waals surface area (Å²) in [6.45, 7) is 8.60. The number of nitrogens with one attached hydrogen (secondary N) is 2. The van der Waals surface area contributed by atoms with Crippen LogP contribution >= 0.6 is 24.0 Å². The highest BCUT2D eigenvalue weighted by Gasteiger charge is 2.27. The predicted molar refractivity (Wildman–Crippen MR) is 125 cm³/mol. The predicted octanol–water partition coefficient (Wildman–Crippen LogP) is 3.27. The van der Waals surface area contributed by atoms with Crippen LogP contribution in [0.25, 0.3) is 11.3 Å². The minimum absolute atomic E-state index is 0. The van der Waals surface area contributed by atoms with Crippen molar-refractivity contribution < 1.29 is 9.32 Å². The SMILES string of the molecule is CCNC(=NCc1cc(-c2ccccc2)on1)NC1CCN(C(=O)C(C)C)C1.I. The first kappa shape index (κ1) is 23.2. The Morgan fingerprint density at radius 2 is 2.10 bits per heavy atom. The first-order valence-corrected chi connectivity index (χ1v) is 9.91. The number of rotatable bonds is 6. The fourth-order valence-corrected chi connectivity index (χ4v) is 3.24. The Balaban J connectivity index is 0.00000300. The van der Waals surface area contributed by atoms with Gasteiger partial charge in [-0.2, -0.15) is 0 Å². The number of aliphatic imine (C=N–C) groups is 1. The van der Waals surface area contributed by atoms with Gasteiger partial charge in [-0.1, -0.05) is 49.3 Å². The molecule has 1 saturated heterocycles. The highest BCUT2D eigenvalue weighted by molar-refractivity contribution is 14.0. The van der Waals surface area contributed by atoms with Crippen molar-refractivity contribution in [1.82, 2.24) is 20.7 Å². The van der Waals surface area contributed by atoms with Crippen LogP contribution in [0.5, 0.6) is 0 Å². The molecule has 29 heavy (non-hydrogen) atoms. The lowest BCUT2D eigenvalue weighted by Crippen LogP contribution is -2.45.